The summed E-state index contributed by atoms with van der Waals surface area (Å²) in [6, 6.07) is 27.3. The Labute approximate surface area is 180 Å². The van der Waals surface area contributed by atoms with Crippen LogP contribution in [0.5, 0.6) is 5.75 Å². The van der Waals surface area contributed by atoms with E-state index in [1.54, 1.807) is 0 Å². The Kier molecular flexibility index (Phi) is 6.51. The lowest BCUT2D eigenvalue weighted by atomic mass is 10.1. The molecular weight excluding hydrogens is 370 g/mol. The van der Waals surface area contributed by atoms with Gasteiger partial charge in [0, 0.05) is 18.4 Å². The second kappa shape index (κ2) is 9.46. The molecule has 156 valence electrons. The first-order valence-electron chi connectivity index (χ1n) is 11.0. The minimum atomic E-state index is -0.470. The smallest absolute Gasteiger partial charge is 0.137 e. The number of aryl methyl sites for hydroxylation is 1. The highest BCUT2D eigenvalue weighted by atomic mass is 16.5. The number of nitrogens with zero attached hydrogens (tertiary/aromatic N) is 1. The molecule has 1 saturated heterocycles. The Morgan fingerprint density at radius 2 is 1.47 bits per heavy atom. The van der Waals surface area contributed by atoms with E-state index < -0.39 is 6.10 Å². The van der Waals surface area contributed by atoms with Crippen molar-refractivity contribution < 1.29 is 14.3 Å². The van der Waals surface area contributed by atoms with Crippen LogP contribution >= 0.6 is 0 Å². The average molecular weight is 403 g/mol. The fourth-order valence-electron chi connectivity index (χ4n) is 4.56. The fraction of sp³-hybridized carbons (Fsp3) is 0.333. The van der Waals surface area contributed by atoms with Crippen LogP contribution in [0.2, 0.25) is 0 Å². The zero-order valence-electron chi connectivity index (χ0n) is 17.8. The number of aliphatic hydroxyl groups excluding tert-OH is 1. The lowest BCUT2D eigenvalue weighted by Crippen LogP contribution is -2.50. The topological polar surface area (TPSA) is 29.5 Å². The van der Waals surface area contributed by atoms with E-state index in [1.165, 1.54) is 35.1 Å². The highest BCUT2D eigenvalue weighted by molar-refractivity contribution is 5.63. The van der Waals surface area contributed by atoms with Gasteiger partial charge < -0.3 is 14.3 Å². The van der Waals surface area contributed by atoms with Gasteiger partial charge in [0.2, 0.25) is 0 Å². The van der Waals surface area contributed by atoms with E-state index >= 15 is 0 Å². The minimum Gasteiger partial charge on any atom is -0.491 e. The third-order valence-corrected chi connectivity index (χ3v) is 6.16. The van der Waals surface area contributed by atoms with Crippen molar-refractivity contribution in [2.24, 2.45) is 0 Å². The summed E-state index contributed by atoms with van der Waals surface area (Å²) in [5.74, 6) is 0.806. The van der Waals surface area contributed by atoms with E-state index in [-0.39, 0.29) is 0 Å². The number of ether oxygens (including phenoxy) is 1. The minimum absolute atomic E-state index is 0.332. The first-order valence-corrected chi connectivity index (χ1v) is 11.0. The molecule has 30 heavy (non-hydrogen) atoms. The van der Waals surface area contributed by atoms with Crippen LogP contribution in [0, 0.1) is 6.92 Å². The van der Waals surface area contributed by atoms with E-state index in [2.05, 4.69) is 55.5 Å². The van der Waals surface area contributed by atoms with Crippen molar-refractivity contribution in [3.8, 4) is 16.9 Å². The summed E-state index contributed by atoms with van der Waals surface area (Å²) < 4.78 is 6.88. The summed E-state index contributed by atoms with van der Waals surface area (Å²) in [7, 11) is 0. The summed E-state index contributed by atoms with van der Waals surface area (Å²) in [5, 5.41) is 10.8. The van der Waals surface area contributed by atoms with Crippen molar-refractivity contribution in [2.45, 2.75) is 32.4 Å². The number of hydrogen-bond donors (Lipinski definition) is 1. The molecule has 3 aromatic rings. The molecule has 1 aliphatic rings. The second-order valence-corrected chi connectivity index (χ2v) is 8.68. The van der Waals surface area contributed by atoms with Crippen molar-refractivity contribution in [3.63, 3.8) is 0 Å². The number of benzene rings is 3. The summed E-state index contributed by atoms with van der Waals surface area (Å²) in [4.78, 5) is 0. The molecule has 0 unspecified atom stereocenters. The monoisotopic (exact) mass is 402 g/mol. The van der Waals surface area contributed by atoms with Crippen LogP contribution in [0.1, 0.15) is 24.0 Å². The largest absolute Gasteiger partial charge is 0.491 e. The van der Waals surface area contributed by atoms with Gasteiger partial charge in [-0.3, -0.25) is 0 Å². The van der Waals surface area contributed by atoms with Crippen molar-refractivity contribution >= 4 is 0 Å². The second-order valence-electron chi connectivity index (χ2n) is 8.68. The molecule has 1 aliphatic heterocycles. The normalized spacial score (nSPS) is 16.3. The molecule has 0 saturated carbocycles. The van der Waals surface area contributed by atoms with Gasteiger partial charge in [0.25, 0.3) is 0 Å². The molecule has 0 radical (unpaired) electrons. The van der Waals surface area contributed by atoms with Gasteiger partial charge in [0.15, 0.2) is 0 Å². The van der Waals surface area contributed by atoms with Crippen LogP contribution in [0.4, 0.5) is 0 Å². The van der Waals surface area contributed by atoms with Crippen molar-refractivity contribution in [1.29, 1.82) is 0 Å². The van der Waals surface area contributed by atoms with Crippen LogP contribution in [0.3, 0.4) is 0 Å². The van der Waals surface area contributed by atoms with E-state index in [1.807, 2.05) is 30.3 Å². The van der Waals surface area contributed by atoms with E-state index in [0.717, 1.165) is 36.4 Å². The molecule has 1 fully saturated rings. The highest BCUT2D eigenvalue weighted by Crippen LogP contribution is 2.25. The van der Waals surface area contributed by atoms with Crippen LogP contribution < -0.4 is 4.74 Å². The molecule has 0 aliphatic carbocycles. The van der Waals surface area contributed by atoms with Crippen molar-refractivity contribution in [2.75, 3.05) is 26.2 Å². The van der Waals surface area contributed by atoms with Gasteiger partial charge in [0.05, 0.1) is 13.1 Å². The van der Waals surface area contributed by atoms with E-state index in [0.29, 0.717) is 6.61 Å². The molecular formula is C27H32NO2+. The highest BCUT2D eigenvalue weighted by Gasteiger charge is 2.34. The van der Waals surface area contributed by atoms with Gasteiger partial charge in [-0.25, -0.2) is 0 Å². The molecule has 3 nitrogen and oxygen atoms in total. The fourth-order valence-corrected chi connectivity index (χ4v) is 4.56. The van der Waals surface area contributed by atoms with Crippen LogP contribution in [-0.4, -0.2) is 41.9 Å². The van der Waals surface area contributed by atoms with Gasteiger partial charge in [-0.1, -0.05) is 72.3 Å². The van der Waals surface area contributed by atoms with Gasteiger partial charge in [-0.15, -0.1) is 0 Å². The molecule has 1 N–H and O–H groups in total. The molecule has 0 bridgehead atoms. The molecule has 0 spiro atoms. The Morgan fingerprint density at radius 3 is 2.13 bits per heavy atom. The van der Waals surface area contributed by atoms with Crippen LogP contribution in [0.15, 0.2) is 78.9 Å². The summed E-state index contributed by atoms with van der Waals surface area (Å²) in [6.07, 6.45) is 2.00. The quantitative estimate of drug-likeness (QED) is 0.524. The molecule has 3 heteroatoms. The zero-order chi connectivity index (χ0) is 20.8. The van der Waals surface area contributed by atoms with Gasteiger partial charge in [-0.2, -0.15) is 0 Å². The predicted octanol–water partition coefficient (Wildman–Crippen LogP) is 5.21. The first-order chi connectivity index (χ1) is 14.6. The Hall–Kier alpha value is -2.62. The predicted molar refractivity (Wildman–Crippen MR) is 122 cm³/mol. The maximum atomic E-state index is 10.8. The third-order valence-electron chi connectivity index (χ3n) is 6.16. The number of rotatable bonds is 8. The molecule has 3 aromatic carbocycles. The lowest BCUT2D eigenvalue weighted by Gasteiger charge is -2.36. The molecule has 4 rings (SSSR count). The third kappa shape index (κ3) is 5.29. The zero-order valence-corrected chi connectivity index (χ0v) is 17.8. The van der Waals surface area contributed by atoms with Gasteiger partial charge in [-0.05, 0) is 30.2 Å². The van der Waals surface area contributed by atoms with Crippen LogP contribution in [0.25, 0.3) is 11.1 Å². The van der Waals surface area contributed by atoms with Crippen molar-refractivity contribution in [1.82, 2.24) is 0 Å². The van der Waals surface area contributed by atoms with Crippen LogP contribution in [-0.2, 0) is 6.54 Å². The summed E-state index contributed by atoms with van der Waals surface area (Å²) in [5.41, 5.74) is 5.01. The number of aliphatic hydroxyl groups is 1. The Bertz CT molecular complexity index is 913. The number of quaternary nitrogens is 1. The number of likely N-dealkylation sites (tertiary alicyclic amines) is 1. The molecule has 0 aromatic heterocycles. The Balaban J connectivity index is 1.33. The Morgan fingerprint density at radius 1 is 0.833 bits per heavy atom. The molecule has 0 amide bonds. The average Bonchev–Trinajstić information content (AvgIpc) is 3.23. The SMILES string of the molecule is Cc1ccc(C[N+]2(C[C@@H](O)COc3ccc(-c4ccccc4)cc3)CCCC2)cc1. The van der Waals surface area contributed by atoms with E-state index in [9.17, 15) is 5.11 Å². The first kappa shape index (κ1) is 20.6. The van der Waals surface area contributed by atoms with Gasteiger partial charge >= 0.3 is 0 Å². The summed E-state index contributed by atoms with van der Waals surface area (Å²) in [6.45, 7) is 6.46. The van der Waals surface area contributed by atoms with Gasteiger partial charge in [0.1, 0.15) is 31.5 Å². The lowest BCUT2D eigenvalue weighted by molar-refractivity contribution is -0.932. The van der Waals surface area contributed by atoms with E-state index in [4.69, 9.17) is 4.74 Å². The van der Waals surface area contributed by atoms with Crippen molar-refractivity contribution in [3.05, 3.63) is 90.0 Å². The molecule has 1 atom stereocenters. The summed E-state index contributed by atoms with van der Waals surface area (Å²) >= 11 is 0. The maximum Gasteiger partial charge on any atom is 0.137 e. The molecule has 1 heterocycles. The number of hydrogen-bond acceptors (Lipinski definition) is 2. The maximum absolute atomic E-state index is 10.8. The standard InChI is InChI=1S/C27H32NO2/c1-22-9-11-23(12-10-22)19-28(17-5-6-18-28)20-26(29)21-30-27-15-13-25(14-16-27)24-7-3-2-4-8-24/h2-4,7-16,26,29H,5-6,17-21H2,1H3/q+1/t26-/m1/s1.